The van der Waals surface area contributed by atoms with Gasteiger partial charge in [-0.25, -0.2) is 0 Å². The van der Waals surface area contributed by atoms with Crippen molar-refractivity contribution in [3.8, 4) is 0 Å². The summed E-state index contributed by atoms with van der Waals surface area (Å²) in [6.07, 6.45) is 22.2. The van der Waals surface area contributed by atoms with Crippen LogP contribution in [0.4, 0.5) is 0 Å². The third-order valence-electron chi connectivity index (χ3n) is 22.9. The summed E-state index contributed by atoms with van der Waals surface area (Å²) in [4.78, 5) is 151. The summed E-state index contributed by atoms with van der Waals surface area (Å²) in [5.41, 5.74) is 3.00. The van der Waals surface area contributed by atoms with Crippen LogP contribution in [0.15, 0.2) is 97.1 Å². The fourth-order valence-electron chi connectivity index (χ4n) is 17.9. The average Bonchev–Trinajstić information content (AvgIpc) is 0.696. The van der Waals surface area contributed by atoms with Gasteiger partial charge in [-0.1, -0.05) is 192 Å². The van der Waals surface area contributed by atoms with Gasteiger partial charge in [0.1, 0.15) is 13.1 Å². The summed E-state index contributed by atoms with van der Waals surface area (Å²) in [7, 11) is 0. The highest BCUT2D eigenvalue weighted by Gasteiger charge is 2.43. The monoisotopic (exact) mass is 1340 g/mol. The first-order valence-corrected chi connectivity index (χ1v) is 37.2. The number of nitrogens with one attached hydrogen (secondary N) is 2. The van der Waals surface area contributed by atoms with Gasteiger partial charge in [-0.2, -0.15) is 0 Å². The molecule has 0 aromatic heterocycles. The van der Waals surface area contributed by atoms with Crippen LogP contribution in [0.3, 0.4) is 0 Å². The van der Waals surface area contributed by atoms with Gasteiger partial charge in [-0.3, -0.25) is 67.5 Å². The summed E-state index contributed by atoms with van der Waals surface area (Å²) >= 11 is 0. The number of carbonyl (C=O) groups is 10. The number of hydrogen-bond donors (Lipinski definition) is 2. The van der Waals surface area contributed by atoms with Crippen molar-refractivity contribution in [2.75, 3.05) is 13.1 Å². The quantitative estimate of drug-likeness (QED) is 0.0205. The minimum atomic E-state index is -0.634. The van der Waals surface area contributed by atoms with Gasteiger partial charge in [0, 0.05) is 90.2 Å². The van der Waals surface area contributed by atoms with Crippen molar-refractivity contribution in [1.82, 2.24) is 30.2 Å². The van der Waals surface area contributed by atoms with E-state index in [0.29, 0.717) is 67.4 Å². The fourth-order valence-corrected chi connectivity index (χ4v) is 17.9. The number of unbranched alkanes of at least 4 members (excludes halogenated alkanes) is 12. The Labute approximate surface area is 581 Å². The number of fused-ring (bicyclic) bond motifs is 4. The van der Waals surface area contributed by atoms with Crippen molar-refractivity contribution < 1.29 is 47.9 Å². The van der Waals surface area contributed by atoms with Crippen LogP contribution in [0.1, 0.15) is 265 Å². The molecule has 10 aromatic rings. The van der Waals surface area contributed by atoms with Crippen molar-refractivity contribution in [1.29, 1.82) is 0 Å². The molecular weight excluding hydrogens is 1250 g/mol. The molecule has 0 saturated heterocycles. The predicted molar refractivity (Wildman–Crippen MR) is 392 cm³/mol. The normalized spacial score (nSPS) is 17.1. The van der Waals surface area contributed by atoms with Crippen molar-refractivity contribution in [3.63, 3.8) is 0 Å². The van der Waals surface area contributed by atoms with Crippen LogP contribution in [0, 0.1) is 0 Å². The maximum Gasteiger partial charge on any atom is 0.261 e. The van der Waals surface area contributed by atoms with E-state index in [1.807, 2.05) is 72.8 Å². The van der Waals surface area contributed by atoms with E-state index < -0.39 is 60.6 Å². The molecular formula is C84H86N6O10. The van der Waals surface area contributed by atoms with E-state index in [0.717, 1.165) is 205 Å². The Morgan fingerprint density at radius 1 is 0.310 bits per heavy atom. The highest BCUT2D eigenvalue weighted by Crippen LogP contribution is 2.49. The summed E-state index contributed by atoms with van der Waals surface area (Å²) in [5, 5.41) is 17.4. The number of nitrogens with zero attached hydrogens (tertiary/aromatic N) is 4. The molecule has 0 bridgehead atoms. The van der Waals surface area contributed by atoms with Gasteiger partial charge in [-0.05, 0) is 152 Å². The van der Waals surface area contributed by atoms with E-state index in [-0.39, 0.29) is 58.0 Å². The number of rotatable bonds is 28. The Kier molecular flexibility index (Phi) is 17.9. The summed E-state index contributed by atoms with van der Waals surface area (Å²) in [6, 6.07) is 27.6. The second-order valence-corrected chi connectivity index (χ2v) is 29.0. The van der Waals surface area contributed by atoms with E-state index in [9.17, 15) is 47.9 Å². The first kappa shape index (κ1) is 66.2. The molecule has 1 fully saturated rings. The summed E-state index contributed by atoms with van der Waals surface area (Å²) < 4.78 is 0. The third kappa shape index (κ3) is 10.8. The van der Waals surface area contributed by atoms with E-state index in [1.54, 1.807) is 24.3 Å². The molecule has 2 atom stereocenters. The standard InChI is InChI=1S/C84H86N6O10/c1-5-9-13-17-23-47(24-18-14-10-6-2)89-81(97)61-41-33-53-49-29-37-57-73-58(38-30-50(69(49)73)54-34-42-62(82(89)98)75(61)71(53)54)78(94)87(77(57)93)45-67(91)85-65-27-21-22-28-66(65)86-68(92)46-88-79(95)59-39-31-51-55-35-43-63-76-64(44-36-56(72(55)76)52-32-40-60(80(88)96)74(59)70(51)52)84(100)90(83(63)99)48(25-19-15-11-7-3)26-20-16-12-8-4/h29-44,47-48,65-66H,5-28,45-46H2,1-4H3,(H,85,91)(H,86,92)/t65-,66-/m1/s1. The number of hydrogen-bond acceptors (Lipinski definition) is 10. The zero-order valence-electron chi connectivity index (χ0n) is 57.8. The zero-order valence-corrected chi connectivity index (χ0v) is 57.8. The van der Waals surface area contributed by atoms with E-state index in [1.165, 1.54) is 9.80 Å². The molecule has 4 heterocycles. The molecule has 0 spiro atoms. The van der Waals surface area contributed by atoms with Gasteiger partial charge in [0.05, 0.1) is 0 Å². The van der Waals surface area contributed by atoms with Crippen molar-refractivity contribution in [2.24, 2.45) is 0 Å². The topological polar surface area (TPSA) is 208 Å². The van der Waals surface area contributed by atoms with Crippen molar-refractivity contribution in [3.05, 3.63) is 142 Å². The molecule has 1 aliphatic carbocycles. The lowest BCUT2D eigenvalue weighted by Crippen LogP contribution is -2.57. The van der Waals surface area contributed by atoms with Crippen LogP contribution in [0.25, 0.3) is 86.2 Å². The zero-order chi connectivity index (χ0) is 69.4. The van der Waals surface area contributed by atoms with E-state index in [2.05, 4.69) is 38.3 Å². The van der Waals surface area contributed by atoms with Gasteiger partial charge in [0.15, 0.2) is 0 Å². The lowest BCUT2D eigenvalue weighted by molar-refractivity contribution is -0.125. The molecule has 16 heteroatoms. The predicted octanol–water partition coefficient (Wildman–Crippen LogP) is 17.0. The maximum atomic E-state index is 14.7. The molecule has 2 N–H and O–H groups in total. The maximum absolute atomic E-state index is 14.7. The smallest absolute Gasteiger partial charge is 0.261 e. The van der Waals surface area contributed by atoms with Crippen molar-refractivity contribution >= 4 is 145 Å². The summed E-state index contributed by atoms with van der Waals surface area (Å²) in [5.74, 6) is -4.83. The second kappa shape index (κ2) is 27.1. The highest BCUT2D eigenvalue weighted by molar-refractivity contribution is 6.43. The molecule has 1 saturated carbocycles. The van der Waals surface area contributed by atoms with Gasteiger partial charge < -0.3 is 10.6 Å². The van der Waals surface area contributed by atoms with E-state index in [4.69, 9.17) is 0 Å². The van der Waals surface area contributed by atoms with Crippen LogP contribution < -0.4 is 10.6 Å². The largest absolute Gasteiger partial charge is 0.350 e. The van der Waals surface area contributed by atoms with Crippen LogP contribution >= 0.6 is 0 Å². The highest BCUT2D eigenvalue weighted by atomic mass is 16.2. The lowest BCUT2D eigenvalue weighted by Gasteiger charge is -2.35. The van der Waals surface area contributed by atoms with Gasteiger partial charge in [-0.15, -0.1) is 0 Å². The van der Waals surface area contributed by atoms with Crippen LogP contribution in [-0.4, -0.2) is 116 Å². The molecule has 100 heavy (non-hydrogen) atoms. The van der Waals surface area contributed by atoms with Gasteiger partial charge >= 0.3 is 0 Å². The molecule has 0 unspecified atom stereocenters. The molecule has 16 nitrogen and oxygen atoms in total. The van der Waals surface area contributed by atoms with Crippen molar-refractivity contribution in [2.45, 2.75) is 206 Å². The molecule has 10 aromatic carbocycles. The molecule has 10 amide bonds. The van der Waals surface area contributed by atoms with Crippen LogP contribution in [0.2, 0.25) is 0 Å². The lowest BCUT2D eigenvalue weighted by atomic mass is 9.82. The minimum Gasteiger partial charge on any atom is -0.350 e. The van der Waals surface area contributed by atoms with Gasteiger partial charge in [0.25, 0.3) is 47.3 Å². The molecule has 4 aliphatic heterocycles. The van der Waals surface area contributed by atoms with Crippen LogP contribution in [0.5, 0.6) is 0 Å². The molecule has 5 aliphatic rings. The average molecular weight is 1340 g/mol. The Morgan fingerprint density at radius 2 is 0.530 bits per heavy atom. The van der Waals surface area contributed by atoms with Gasteiger partial charge in [0.2, 0.25) is 11.8 Å². The molecule has 512 valence electrons. The second-order valence-electron chi connectivity index (χ2n) is 29.0. The Morgan fingerprint density at radius 3 is 0.750 bits per heavy atom. The Balaban J connectivity index is 0.641. The molecule has 15 rings (SSSR count). The molecule has 0 radical (unpaired) electrons. The third-order valence-corrected chi connectivity index (χ3v) is 22.9. The number of amides is 10. The first-order chi connectivity index (χ1) is 48.7. The fraction of sp³-hybridized carbons (Fsp3) is 0.405. The Hall–Kier alpha value is -9.70. The first-order valence-electron chi connectivity index (χ1n) is 37.2. The minimum absolute atomic E-state index is 0.201. The SMILES string of the molecule is CCCCCCC(CCCCCC)N1C(=O)c2ccc3c4ccc5c6c(ccc(c7ccc(c2c37)C1=O)c64)C(=O)N(CC(=O)N[C@@H]1CCCC[C@H]1NC(=O)CN1C(=O)c2ccc3c4ccc6c7c(ccc(c8ccc(c2c38)C1=O)c74)C(=O)N(C(CCCCCC)CCCCCC)C6=O)C5=O. The number of benzene rings is 10. The number of carbonyl (C=O) groups excluding carboxylic acids is 10. The Bertz CT molecular complexity index is 4530. The summed E-state index contributed by atoms with van der Waals surface area (Å²) in [6.45, 7) is 7.52. The van der Waals surface area contributed by atoms with E-state index >= 15 is 0 Å². The van der Waals surface area contributed by atoms with Crippen LogP contribution in [-0.2, 0) is 9.59 Å². The number of imide groups is 4.